The second-order valence-corrected chi connectivity index (χ2v) is 5.87. The lowest BCUT2D eigenvalue weighted by Crippen LogP contribution is -2.46. The number of hydrogen-bond donors (Lipinski definition) is 1. The Kier molecular flexibility index (Phi) is 2.92. The van der Waals surface area contributed by atoms with Gasteiger partial charge < -0.3 is 10.0 Å². The zero-order chi connectivity index (χ0) is 13.5. The van der Waals surface area contributed by atoms with Crippen molar-refractivity contribution in [3.05, 3.63) is 17.6 Å². The van der Waals surface area contributed by atoms with Crippen LogP contribution in [0.5, 0.6) is 0 Å². The van der Waals surface area contributed by atoms with Crippen molar-refractivity contribution in [1.82, 2.24) is 9.97 Å². The molecule has 3 rings (SSSR count). The van der Waals surface area contributed by atoms with Crippen LogP contribution in [0.25, 0.3) is 0 Å². The van der Waals surface area contributed by atoms with Crippen molar-refractivity contribution in [2.24, 2.45) is 5.41 Å². The van der Waals surface area contributed by atoms with Gasteiger partial charge in [-0.1, -0.05) is 0 Å². The van der Waals surface area contributed by atoms with Crippen LogP contribution in [0.2, 0.25) is 0 Å². The number of aliphatic carboxylic acids is 1. The van der Waals surface area contributed by atoms with Gasteiger partial charge in [0, 0.05) is 24.3 Å². The summed E-state index contributed by atoms with van der Waals surface area (Å²) in [5.74, 6) is 0.262. The number of hydrogen-bond acceptors (Lipinski definition) is 4. The SMILES string of the molecule is CC1(C(=O)O)CCCN(c2ncnc3c2CCC3)C1. The molecule has 1 saturated heterocycles. The number of fused-ring (bicyclic) bond motifs is 1. The quantitative estimate of drug-likeness (QED) is 0.877. The number of carboxylic acids is 1. The molecule has 102 valence electrons. The lowest BCUT2D eigenvalue weighted by Gasteiger charge is -2.38. The molecule has 2 aliphatic rings. The Morgan fingerprint density at radius 2 is 2.21 bits per heavy atom. The third kappa shape index (κ3) is 2.07. The van der Waals surface area contributed by atoms with Gasteiger partial charge in [-0.15, -0.1) is 0 Å². The van der Waals surface area contributed by atoms with E-state index in [0.717, 1.165) is 50.2 Å². The summed E-state index contributed by atoms with van der Waals surface area (Å²) < 4.78 is 0. The maximum Gasteiger partial charge on any atom is 0.311 e. The summed E-state index contributed by atoms with van der Waals surface area (Å²) in [5, 5.41) is 9.40. The molecule has 1 fully saturated rings. The van der Waals surface area contributed by atoms with E-state index in [4.69, 9.17) is 0 Å². The highest BCUT2D eigenvalue weighted by Crippen LogP contribution is 2.35. The molecule has 0 saturated carbocycles. The maximum absolute atomic E-state index is 11.4. The molecule has 2 heterocycles. The van der Waals surface area contributed by atoms with Crippen molar-refractivity contribution in [2.45, 2.75) is 39.0 Å². The predicted molar refractivity (Wildman–Crippen MR) is 71.2 cm³/mol. The molecule has 1 unspecified atom stereocenters. The normalized spacial score (nSPS) is 26.3. The summed E-state index contributed by atoms with van der Waals surface area (Å²) in [6.45, 7) is 3.28. The molecular formula is C14H19N3O2. The monoisotopic (exact) mass is 261 g/mol. The molecule has 1 aromatic rings. The number of aromatic nitrogens is 2. The molecule has 0 bridgehead atoms. The van der Waals surface area contributed by atoms with Crippen LogP contribution in [0.4, 0.5) is 5.82 Å². The van der Waals surface area contributed by atoms with E-state index in [-0.39, 0.29) is 0 Å². The fraction of sp³-hybridized carbons (Fsp3) is 0.643. The fourth-order valence-electron chi connectivity index (χ4n) is 3.21. The molecule has 1 aliphatic heterocycles. The molecule has 1 atom stereocenters. The molecule has 0 aromatic carbocycles. The Hall–Kier alpha value is -1.65. The number of nitrogens with zero attached hydrogens (tertiary/aromatic N) is 3. The van der Waals surface area contributed by atoms with Crippen molar-refractivity contribution in [3.8, 4) is 0 Å². The molecular weight excluding hydrogens is 242 g/mol. The minimum Gasteiger partial charge on any atom is -0.481 e. The zero-order valence-electron chi connectivity index (χ0n) is 11.2. The smallest absolute Gasteiger partial charge is 0.311 e. The standard InChI is InChI=1S/C14H19N3O2/c1-14(13(18)19)6-3-7-17(8-14)12-10-4-2-5-11(10)15-9-16-12/h9H,2-8H2,1H3,(H,18,19). The summed E-state index contributed by atoms with van der Waals surface area (Å²) in [5.41, 5.74) is 1.72. The number of piperidine rings is 1. The van der Waals surface area contributed by atoms with Gasteiger partial charge >= 0.3 is 5.97 Å². The van der Waals surface area contributed by atoms with Crippen molar-refractivity contribution >= 4 is 11.8 Å². The van der Waals surface area contributed by atoms with Crippen LogP contribution in [-0.2, 0) is 17.6 Å². The van der Waals surface area contributed by atoms with Crippen LogP contribution < -0.4 is 4.90 Å². The Morgan fingerprint density at radius 1 is 1.37 bits per heavy atom. The lowest BCUT2D eigenvalue weighted by molar-refractivity contribution is -0.148. The van der Waals surface area contributed by atoms with Crippen molar-refractivity contribution in [3.63, 3.8) is 0 Å². The minimum absolute atomic E-state index is 0.547. The van der Waals surface area contributed by atoms with Gasteiger partial charge in [-0.05, 0) is 39.0 Å². The third-order valence-electron chi connectivity index (χ3n) is 4.36. The van der Waals surface area contributed by atoms with Crippen LogP contribution in [0.15, 0.2) is 6.33 Å². The van der Waals surface area contributed by atoms with E-state index in [1.165, 1.54) is 5.56 Å². The summed E-state index contributed by atoms with van der Waals surface area (Å²) in [4.78, 5) is 22.3. The van der Waals surface area contributed by atoms with Crippen LogP contribution in [-0.4, -0.2) is 34.1 Å². The van der Waals surface area contributed by atoms with E-state index >= 15 is 0 Å². The fourth-order valence-corrected chi connectivity index (χ4v) is 3.21. The summed E-state index contributed by atoms with van der Waals surface area (Å²) in [6, 6.07) is 0. The van der Waals surface area contributed by atoms with Crippen molar-refractivity contribution < 1.29 is 9.90 Å². The van der Waals surface area contributed by atoms with E-state index in [1.54, 1.807) is 6.33 Å². The number of carbonyl (C=O) groups is 1. The first-order chi connectivity index (χ1) is 9.10. The van der Waals surface area contributed by atoms with E-state index in [9.17, 15) is 9.90 Å². The van der Waals surface area contributed by atoms with Gasteiger partial charge in [0.1, 0.15) is 12.1 Å². The molecule has 0 amide bonds. The third-order valence-corrected chi connectivity index (χ3v) is 4.36. The highest BCUT2D eigenvalue weighted by molar-refractivity contribution is 5.75. The number of anilines is 1. The van der Waals surface area contributed by atoms with Gasteiger partial charge in [-0.3, -0.25) is 4.79 Å². The van der Waals surface area contributed by atoms with Crippen LogP contribution in [0, 0.1) is 5.41 Å². The minimum atomic E-state index is -0.706. The first kappa shape index (κ1) is 12.4. The van der Waals surface area contributed by atoms with E-state index in [2.05, 4.69) is 14.9 Å². The Labute approximate surface area is 112 Å². The first-order valence-electron chi connectivity index (χ1n) is 6.91. The Bertz CT molecular complexity index is 517. The van der Waals surface area contributed by atoms with Gasteiger partial charge in [0.05, 0.1) is 5.41 Å². The summed E-state index contributed by atoms with van der Waals surface area (Å²) in [7, 11) is 0. The van der Waals surface area contributed by atoms with E-state index < -0.39 is 11.4 Å². The Balaban J connectivity index is 1.91. The lowest BCUT2D eigenvalue weighted by atomic mass is 9.82. The van der Waals surface area contributed by atoms with Crippen molar-refractivity contribution in [2.75, 3.05) is 18.0 Å². The number of carboxylic acid groups (broad SMARTS) is 1. The van der Waals surface area contributed by atoms with Crippen LogP contribution >= 0.6 is 0 Å². The van der Waals surface area contributed by atoms with E-state index in [0.29, 0.717) is 6.54 Å². The van der Waals surface area contributed by atoms with Gasteiger partial charge in [0.2, 0.25) is 0 Å². The van der Waals surface area contributed by atoms with Gasteiger partial charge in [-0.25, -0.2) is 9.97 Å². The average molecular weight is 261 g/mol. The molecule has 1 aromatic heterocycles. The molecule has 1 N–H and O–H groups in total. The molecule has 0 radical (unpaired) electrons. The predicted octanol–water partition coefficient (Wildman–Crippen LogP) is 1.66. The van der Waals surface area contributed by atoms with E-state index in [1.807, 2.05) is 6.92 Å². The molecule has 5 heteroatoms. The topological polar surface area (TPSA) is 66.3 Å². The second-order valence-electron chi connectivity index (χ2n) is 5.87. The highest BCUT2D eigenvalue weighted by atomic mass is 16.4. The molecule has 5 nitrogen and oxygen atoms in total. The summed E-state index contributed by atoms with van der Waals surface area (Å²) >= 11 is 0. The van der Waals surface area contributed by atoms with Gasteiger partial charge in [0.25, 0.3) is 0 Å². The van der Waals surface area contributed by atoms with Gasteiger partial charge in [-0.2, -0.15) is 0 Å². The highest BCUT2D eigenvalue weighted by Gasteiger charge is 2.39. The van der Waals surface area contributed by atoms with Crippen LogP contribution in [0.3, 0.4) is 0 Å². The largest absolute Gasteiger partial charge is 0.481 e. The Morgan fingerprint density at radius 3 is 3.00 bits per heavy atom. The first-order valence-corrected chi connectivity index (χ1v) is 6.91. The van der Waals surface area contributed by atoms with Crippen molar-refractivity contribution in [1.29, 1.82) is 0 Å². The average Bonchev–Trinajstić information content (AvgIpc) is 2.86. The molecule has 1 aliphatic carbocycles. The zero-order valence-corrected chi connectivity index (χ0v) is 11.2. The molecule has 0 spiro atoms. The second kappa shape index (κ2) is 4.47. The van der Waals surface area contributed by atoms with Gasteiger partial charge in [0.15, 0.2) is 0 Å². The maximum atomic E-state index is 11.4. The van der Waals surface area contributed by atoms with Crippen LogP contribution in [0.1, 0.15) is 37.4 Å². The summed E-state index contributed by atoms with van der Waals surface area (Å²) in [6.07, 6.45) is 6.44. The molecule has 19 heavy (non-hydrogen) atoms. The number of rotatable bonds is 2. The number of aryl methyl sites for hydroxylation is 1.